The average molecular weight is 286 g/mol. The van der Waals surface area contributed by atoms with Crippen LogP contribution in [0.4, 0.5) is 4.79 Å². The minimum atomic E-state index is -0.912. The maximum absolute atomic E-state index is 12.0. The Morgan fingerprint density at radius 2 is 2.05 bits per heavy atom. The molecule has 3 unspecified atom stereocenters. The summed E-state index contributed by atoms with van der Waals surface area (Å²) in [5.74, 6) is -0.912. The summed E-state index contributed by atoms with van der Waals surface area (Å²) in [6, 6.07) is -0.619. The first-order valence-electron chi connectivity index (χ1n) is 7.09. The molecule has 20 heavy (non-hydrogen) atoms. The predicted molar refractivity (Wildman–Crippen MR) is 75.6 cm³/mol. The topological polar surface area (TPSA) is 87.7 Å². The third-order valence-electron chi connectivity index (χ3n) is 3.55. The highest BCUT2D eigenvalue weighted by atomic mass is 16.5. The van der Waals surface area contributed by atoms with Gasteiger partial charge in [0.2, 0.25) is 0 Å². The molecule has 1 rings (SSSR count). The van der Waals surface area contributed by atoms with Crippen LogP contribution in [0, 0.1) is 5.41 Å². The zero-order valence-electron chi connectivity index (χ0n) is 12.7. The predicted octanol–water partition coefficient (Wildman–Crippen LogP) is 1.74. The van der Waals surface area contributed by atoms with Crippen LogP contribution < -0.4 is 10.6 Å². The van der Waals surface area contributed by atoms with E-state index in [9.17, 15) is 9.59 Å². The van der Waals surface area contributed by atoms with Crippen molar-refractivity contribution in [1.82, 2.24) is 10.6 Å². The van der Waals surface area contributed by atoms with Crippen molar-refractivity contribution in [2.75, 3.05) is 6.61 Å². The molecule has 0 aromatic carbocycles. The van der Waals surface area contributed by atoms with Crippen LogP contribution in [0.5, 0.6) is 0 Å². The average Bonchev–Trinajstić information content (AvgIpc) is 2.26. The molecule has 0 aromatic heterocycles. The highest BCUT2D eigenvalue weighted by Gasteiger charge is 2.29. The fourth-order valence-corrected chi connectivity index (χ4v) is 2.26. The van der Waals surface area contributed by atoms with E-state index in [4.69, 9.17) is 9.84 Å². The lowest BCUT2D eigenvalue weighted by atomic mass is 9.85. The van der Waals surface area contributed by atoms with Gasteiger partial charge in [-0.15, -0.1) is 0 Å². The van der Waals surface area contributed by atoms with Crippen molar-refractivity contribution in [2.45, 2.75) is 65.1 Å². The number of hydrogen-bond donors (Lipinski definition) is 3. The van der Waals surface area contributed by atoms with Gasteiger partial charge in [0.05, 0.1) is 12.5 Å². The first-order valence-corrected chi connectivity index (χ1v) is 7.09. The van der Waals surface area contributed by atoms with Crippen LogP contribution in [0.15, 0.2) is 0 Å². The van der Waals surface area contributed by atoms with Crippen molar-refractivity contribution in [2.24, 2.45) is 5.41 Å². The number of hydrogen-bond acceptors (Lipinski definition) is 3. The fourth-order valence-electron chi connectivity index (χ4n) is 2.26. The lowest BCUT2D eigenvalue weighted by Crippen LogP contribution is -2.52. The van der Waals surface area contributed by atoms with Crippen LogP contribution in [0.25, 0.3) is 0 Å². The highest BCUT2D eigenvalue weighted by molar-refractivity contribution is 5.76. The fraction of sp³-hybridized carbons (Fsp3) is 0.857. The molecular formula is C14H26N2O4. The molecule has 0 saturated carbocycles. The smallest absolute Gasteiger partial charge is 0.315 e. The normalized spacial score (nSPS) is 24.8. The molecule has 1 saturated heterocycles. The van der Waals surface area contributed by atoms with Gasteiger partial charge in [-0.2, -0.15) is 0 Å². The van der Waals surface area contributed by atoms with Crippen LogP contribution >= 0.6 is 0 Å². The van der Waals surface area contributed by atoms with E-state index in [0.29, 0.717) is 6.61 Å². The van der Waals surface area contributed by atoms with E-state index in [1.807, 2.05) is 27.7 Å². The summed E-state index contributed by atoms with van der Waals surface area (Å²) in [5.41, 5.74) is -0.307. The number of carboxylic acids is 1. The van der Waals surface area contributed by atoms with Crippen LogP contribution in [0.3, 0.4) is 0 Å². The Bertz CT molecular complexity index is 352. The van der Waals surface area contributed by atoms with Gasteiger partial charge in [-0.1, -0.05) is 20.8 Å². The van der Waals surface area contributed by atoms with Crippen molar-refractivity contribution in [3.05, 3.63) is 0 Å². The molecule has 3 atom stereocenters. The van der Waals surface area contributed by atoms with Gasteiger partial charge in [-0.25, -0.2) is 4.79 Å². The molecule has 1 heterocycles. The van der Waals surface area contributed by atoms with Gasteiger partial charge in [0.25, 0.3) is 0 Å². The summed E-state index contributed by atoms with van der Waals surface area (Å²) in [7, 11) is 0. The van der Waals surface area contributed by atoms with E-state index < -0.39 is 12.0 Å². The first kappa shape index (κ1) is 16.8. The second-order valence-corrected chi connectivity index (χ2v) is 6.54. The number of ether oxygens (including phenoxy) is 1. The molecular weight excluding hydrogens is 260 g/mol. The Kier molecular flexibility index (Phi) is 5.80. The van der Waals surface area contributed by atoms with Gasteiger partial charge in [0.15, 0.2) is 0 Å². The number of aliphatic carboxylic acids is 1. The van der Waals surface area contributed by atoms with Crippen molar-refractivity contribution in [3.63, 3.8) is 0 Å². The quantitative estimate of drug-likeness (QED) is 0.734. The molecule has 6 nitrogen and oxygen atoms in total. The van der Waals surface area contributed by atoms with Crippen LogP contribution in [-0.4, -0.2) is 41.9 Å². The third kappa shape index (κ3) is 5.77. The molecule has 0 radical (unpaired) electrons. The molecule has 0 aromatic rings. The third-order valence-corrected chi connectivity index (χ3v) is 3.55. The second kappa shape index (κ2) is 6.92. The zero-order valence-corrected chi connectivity index (χ0v) is 12.7. The lowest BCUT2D eigenvalue weighted by molar-refractivity contribution is -0.138. The molecule has 0 aliphatic carbocycles. The molecule has 1 fully saturated rings. The van der Waals surface area contributed by atoms with E-state index in [1.165, 1.54) is 0 Å². The van der Waals surface area contributed by atoms with E-state index in [2.05, 4.69) is 10.6 Å². The monoisotopic (exact) mass is 286 g/mol. The minimum absolute atomic E-state index is 0.0822. The summed E-state index contributed by atoms with van der Waals surface area (Å²) < 4.78 is 5.43. The standard InChI is InChI=1S/C14H26N2O4/c1-9-7-10(5-6-20-9)15-13(19)16-11(8-12(17)18)14(2,3)4/h9-11H,5-8H2,1-4H3,(H,17,18)(H2,15,16,19). The molecule has 1 aliphatic heterocycles. The summed E-state index contributed by atoms with van der Waals surface area (Å²) >= 11 is 0. The Labute approximate surface area is 120 Å². The molecule has 2 amide bonds. The number of urea groups is 1. The molecule has 0 spiro atoms. The SMILES string of the molecule is CC1CC(NC(=O)NC(CC(=O)O)C(C)(C)C)CCO1. The van der Waals surface area contributed by atoms with E-state index in [0.717, 1.165) is 12.8 Å². The van der Waals surface area contributed by atoms with Gasteiger partial charge in [0.1, 0.15) is 0 Å². The van der Waals surface area contributed by atoms with E-state index in [-0.39, 0.29) is 30.0 Å². The largest absolute Gasteiger partial charge is 0.481 e. The van der Waals surface area contributed by atoms with Gasteiger partial charge >= 0.3 is 12.0 Å². The van der Waals surface area contributed by atoms with Crippen LogP contribution in [0.1, 0.15) is 47.0 Å². The summed E-state index contributed by atoms with van der Waals surface area (Å²) in [4.78, 5) is 22.9. The minimum Gasteiger partial charge on any atom is -0.481 e. The van der Waals surface area contributed by atoms with Crippen molar-refractivity contribution < 1.29 is 19.4 Å². The lowest BCUT2D eigenvalue weighted by Gasteiger charge is -2.32. The number of nitrogens with one attached hydrogen (secondary N) is 2. The molecule has 3 N–H and O–H groups in total. The van der Waals surface area contributed by atoms with E-state index in [1.54, 1.807) is 0 Å². The number of rotatable bonds is 4. The Hall–Kier alpha value is -1.30. The van der Waals surface area contributed by atoms with Crippen molar-refractivity contribution in [1.29, 1.82) is 0 Å². The van der Waals surface area contributed by atoms with Gasteiger partial charge in [-0.05, 0) is 25.2 Å². The van der Waals surface area contributed by atoms with Crippen molar-refractivity contribution in [3.8, 4) is 0 Å². The maximum atomic E-state index is 12.0. The van der Waals surface area contributed by atoms with Gasteiger partial charge in [0, 0.05) is 18.7 Å². The molecule has 0 bridgehead atoms. The molecule has 1 aliphatic rings. The Balaban J connectivity index is 2.51. The second-order valence-electron chi connectivity index (χ2n) is 6.54. The first-order chi connectivity index (χ1) is 9.18. The van der Waals surface area contributed by atoms with Crippen LogP contribution in [0.2, 0.25) is 0 Å². The zero-order chi connectivity index (χ0) is 15.3. The molecule has 6 heteroatoms. The van der Waals surface area contributed by atoms with E-state index >= 15 is 0 Å². The highest BCUT2D eigenvalue weighted by Crippen LogP contribution is 2.22. The number of carbonyl (C=O) groups is 2. The van der Waals surface area contributed by atoms with Gasteiger partial charge in [-0.3, -0.25) is 4.79 Å². The summed E-state index contributed by atoms with van der Waals surface area (Å²) in [6.07, 6.45) is 1.64. The summed E-state index contributed by atoms with van der Waals surface area (Å²) in [6.45, 7) is 8.37. The molecule has 116 valence electrons. The summed E-state index contributed by atoms with van der Waals surface area (Å²) in [5, 5.41) is 14.6. The van der Waals surface area contributed by atoms with Crippen LogP contribution in [-0.2, 0) is 9.53 Å². The Morgan fingerprint density at radius 1 is 1.40 bits per heavy atom. The number of carboxylic acid groups (broad SMARTS) is 1. The maximum Gasteiger partial charge on any atom is 0.315 e. The number of amides is 2. The van der Waals surface area contributed by atoms with Crippen molar-refractivity contribution >= 4 is 12.0 Å². The number of carbonyl (C=O) groups excluding carboxylic acids is 1. The Morgan fingerprint density at radius 3 is 2.55 bits per heavy atom. The van der Waals surface area contributed by atoms with Gasteiger partial charge < -0.3 is 20.5 Å².